The van der Waals surface area contributed by atoms with Crippen molar-refractivity contribution in [2.24, 2.45) is 0 Å². The molecular formula is C17H15F3N4O4. The summed E-state index contributed by atoms with van der Waals surface area (Å²) in [7, 11) is 0. The molecule has 1 aromatic carbocycles. The summed E-state index contributed by atoms with van der Waals surface area (Å²) in [5.41, 5.74) is 3.75. The Bertz CT molecular complexity index is 948. The first-order chi connectivity index (χ1) is 13.1. The maximum atomic E-state index is 11.8. The first kappa shape index (κ1) is 20.7. The number of rotatable bonds is 3. The van der Waals surface area contributed by atoms with Gasteiger partial charge in [-0.25, -0.2) is 14.8 Å². The van der Waals surface area contributed by atoms with Gasteiger partial charge in [0.1, 0.15) is 6.26 Å². The number of aryl methyl sites for hydroxylation is 1. The molecule has 2 aromatic heterocycles. The second-order valence-electron chi connectivity index (χ2n) is 5.43. The van der Waals surface area contributed by atoms with Crippen molar-refractivity contribution in [2.75, 3.05) is 5.32 Å². The van der Waals surface area contributed by atoms with E-state index < -0.39 is 12.1 Å². The Balaban J connectivity index is 0.000000345. The fourth-order valence-electron chi connectivity index (χ4n) is 1.98. The molecule has 148 valence electrons. The molecule has 11 heteroatoms. The van der Waals surface area contributed by atoms with Gasteiger partial charge in [-0.1, -0.05) is 0 Å². The fourth-order valence-corrected chi connectivity index (χ4v) is 1.98. The zero-order chi connectivity index (χ0) is 20.9. The molecule has 0 saturated carbocycles. The first-order valence-corrected chi connectivity index (χ1v) is 7.71. The van der Waals surface area contributed by atoms with Gasteiger partial charge >= 0.3 is 18.1 Å². The zero-order valence-electron chi connectivity index (χ0n) is 14.7. The van der Waals surface area contributed by atoms with Gasteiger partial charge < -0.3 is 19.4 Å². The molecule has 0 saturated heterocycles. The van der Waals surface area contributed by atoms with E-state index in [9.17, 15) is 18.0 Å². The summed E-state index contributed by atoms with van der Waals surface area (Å²) in [6, 6.07) is 7.48. The lowest BCUT2D eigenvalue weighted by Crippen LogP contribution is -2.21. The molecule has 0 bridgehead atoms. The minimum absolute atomic E-state index is 0.0418. The lowest BCUT2D eigenvalue weighted by molar-refractivity contribution is -0.192. The Hall–Kier alpha value is -3.63. The molecule has 0 spiro atoms. The molecule has 2 N–H and O–H groups in total. The predicted octanol–water partition coefficient (Wildman–Crippen LogP) is 3.36. The summed E-state index contributed by atoms with van der Waals surface area (Å²) in [6.07, 6.45) is -0.505. The molecule has 0 aliphatic heterocycles. The van der Waals surface area contributed by atoms with Crippen LogP contribution >= 0.6 is 0 Å². The van der Waals surface area contributed by atoms with Crippen LogP contribution in [0.15, 0.2) is 47.5 Å². The Morgan fingerprint density at radius 2 is 1.75 bits per heavy atom. The number of benzene rings is 1. The van der Waals surface area contributed by atoms with E-state index in [0.717, 1.165) is 17.1 Å². The number of carboxylic acid groups (broad SMARTS) is 1. The highest BCUT2D eigenvalue weighted by Gasteiger charge is 2.38. The molecule has 1 amide bonds. The van der Waals surface area contributed by atoms with Crippen molar-refractivity contribution in [1.29, 1.82) is 0 Å². The van der Waals surface area contributed by atoms with Crippen molar-refractivity contribution >= 4 is 17.6 Å². The average Bonchev–Trinajstić information content (AvgIpc) is 3.27. The number of aromatic nitrogens is 3. The van der Waals surface area contributed by atoms with E-state index >= 15 is 0 Å². The van der Waals surface area contributed by atoms with Crippen LogP contribution in [0.2, 0.25) is 0 Å². The van der Waals surface area contributed by atoms with Crippen molar-refractivity contribution in [2.45, 2.75) is 20.0 Å². The van der Waals surface area contributed by atoms with E-state index in [4.69, 9.17) is 14.3 Å². The number of hydrogen-bond acceptors (Lipinski definition) is 5. The number of carboxylic acids is 1. The van der Waals surface area contributed by atoms with Crippen LogP contribution in [0, 0.1) is 13.8 Å². The molecule has 3 rings (SSSR count). The number of amides is 1. The van der Waals surface area contributed by atoms with Crippen LogP contribution < -0.4 is 5.32 Å². The molecule has 28 heavy (non-hydrogen) atoms. The number of nitrogens with one attached hydrogen (secondary N) is 1. The molecule has 0 fully saturated rings. The number of oxazole rings is 1. The number of anilines is 1. The van der Waals surface area contributed by atoms with Gasteiger partial charge in [0.15, 0.2) is 0 Å². The Labute approximate surface area is 156 Å². The number of imidazole rings is 1. The largest absolute Gasteiger partial charge is 0.490 e. The van der Waals surface area contributed by atoms with Crippen LogP contribution in [-0.2, 0) is 4.79 Å². The van der Waals surface area contributed by atoms with Crippen LogP contribution in [0.25, 0.3) is 5.69 Å². The third-order valence-electron chi connectivity index (χ3n) is 3.52. The van der Waals surface area contributed by atoms with Crippen LogP contribution in [0.5, 0.6) is 0 Å². The van der Waals surface area contributed by atoms with Gasteiger partial charge in [0.25, 0.3) is 5.89 Å². The molecule has 0 atom stereocenters. The van der Waals surface area contributed by atoms with Crippen molar-refractivity contribution < 1.29 is 32.3 Å². The van der Waals surface area contributed by atoms with E-state index in [2.05, 4.69) is 15.3 Å². The van der Waals surface area contributed by atoms with Gasteiger partial charge in [0.2, 0.25) is 0 Å². The van der Waals surface area contributed by atoms with Crippen molar-refractivity contribution in [1.82, 2.24) is 14.5 Å². The number of hydrogen-bond donors (Lipinski definition) is 2. The summed E-state index contributed by atoms with van der Waals surface area (Å²) >= 11 is 0. The van der Waals surface area contributed by atoms with E-state index in [0.29, 0.717) is 5.69 Å². The molecule has 0 aliphatic rings. The maximum absolute atomic E-state index is 11.8. The summed E-state index contributed by atoms with van der Waals surface area (Å²) in [5, 5.41) is 9.85. The average molecular weight is 396 g/mol. The normalized spacial score (nSPS) is 10.8. The van der Waals surface area contributed by atoms with Crippen LogP contribution in [0.1, 0.15) is 22.1 Å². The highest BCUT2D eigenvalue weighted by molar-refractivity contribution is 6.00. The number of halogens is 3. The second kappa shape index (κ2) is 8.37. The summed E-state index contributed by atoms with van der Waals surface area (Å²) < 4.78 is 38.7. The van der Waals surface area contributed by atoms with Crippen molar-refractivity contribution in [3.63, 3.8) is 0 Å². The maximum Gasteiger partial charge on any atom is 0.490 e. The standard InChI is InChI=1S/C15H14N4O2.C2HF3O2/c1-10-11(2)19(9-17-10)13-5-3-12(4-6-13)18-14(20)15-16-7-8-21-15;3-2(4,5)1(6)7/h3-9H,1-2H3,(H,18,20);(H,6,7). The summed E-state index contributed by atoms with van der Waals surface area (Å²) in [4.78, 5) is 28.8. The number of aliphatic carboxylic acids is 1. The van der Waals surface area contributed by atoms with Crippen molar-refractivity contribution in [3.05, 3.63) is 60.3 Å². The number of carbonyl (C=O) groups is 2. The van der Waals surface area contributed by atoms with Crippen molar-refractivity contribution in [3.8, 4) is 5.69 Å². The minimum Gasteiger partial charge on any atom is -0.475 e. The molecule has 0 unspecified atom stereocenters. The number of carbonyl (C=O) groups excluding carboxylic acids is 1. The van der Waals surface area contributed by atoms with Crippen LogP contribution in [-0.4, -0.2) is 37.7 Å². The molecule has 0 aliphatic carbocycles. The molecular weight excluding hydrogens is 381 g/mol. The Kier molecular flexibility index (Phi) is 6.18. The molecule has 3 aromatic rings. The molecule has 8 nitrogen and oxygen atoms in total. The van der Waals surface area contributed by atoms with E-state index in [1.54, 1.807) is 6.33 Å². The van der Waals surface area contributed by atoms with Gasteiger partial charge in [-0.15, -0.1) is 0 Å². The third-order valence-corrected chi connectivity index (χ3v) is 3.52. The third kappa shape index (κ3) is 5.19. The van der Waals surface area contributed by atoms with Crippen LogP contribution in [0.4, 0.5) is 18.9 Å². The highest BCUT2D eigenvalue weighted by atomic mass is 19.4. The molecule has 0 radical (unpaired) electrons. The lowest BCUT2D eigenvalue weighted by Gasteiger charge is -2.07. The fraction of sp³-hybridized carbons (Fsp3) is 0.176. The number of nitrogens with zero attached hydrogens (tertiary/aromatic N) is 3. The van der Waals surface area contributed by atoms with E-state index in [1.807, 2.05) is 42.7 Å². The summed E-state index contributed by atoms with van der Waals surface area (Å²) in [6.45, 7) is 3.98. The van der Waals surface area contributed by atoms with E-state index in [1.165, 1.54) is 12.5 Å². The topological polar surface area (TPSA) is 110 Å². The van der Waals surface area contributed by atoms with Gasteiger partial charge in [-0.2, -0.15) is 13.2 Å². The van der Waals surface area contributed by atoms with Gasteiger partial charge in [-0.3, -0.25) is 4.79 Å². The first-order valence-electron chi connectivity index (χ1n) is 7.71. The zero-order valence-corrected chi connectivity index (χ0v) is 14.7. The quantitative estimate of drug-likeness (QED) is 0.702. The predicted molar refractivity (Wildman–Crippen MR) is 91.2 cm³/mol. The SMILES string of the molecule is Cc1ncn(-c2ccc(NC(=O)c3ncco3)cc2)c1C.O=C(O)C(F)(F)F. The molecule has 2 heterocycles. The monoisotopic (exact) mass is 396 g/mol. The van der Waals surface area contributed by atoms with Crippen LogP contribution in [0.3, 0.4) is 0 Å². The number of alkyl halides is 3. The Morgan fingerprint density at radius 1 is 1.14 bits per heavy atom. The minimum atomic E-state index is -5.08. The highest BCUT2D eigenvalue weighted by Crippen LogP contribution is 2.17. The van der Waals surface area contributed by atoms with E-state index in [-0.39, 0.29) is 11.8 Å². The second-order valence-corrected chi connectivity index (χ2v) is 5.43. The van der Waals surface area contributed by atoms with Gasteiger partial charge in [0, 0.05) is 17.1 Å². The van der Waals surface area contributed by atoms with Gasteiger partial charge in [-0.05, 0) is 38.1 Å². The van der Waals surface area contributed by atoms with Gasteiger partial charge in [0.05, 0.1) is 18.2 Å². The Morgan fingerprint density at radius 3 is 2.18 bits per heavy atom. The summed E-state index contributed by atoms with van der Waals surface area (Å²) in [5.74, 6) is -3.09. The lowest BCUT2D eigenvalue weighted by atomic mass is 10.2. The smallest absolute Gasteiger partial charge is 0.475 e.